The lowest BCUT2D eigenvalue weighted by molar-refractivity contribution is 0.0898. The van der Waals surface area contributed by atoms with Crippen LogP contribution in [0.3, 0.4) is 0 Å². The van der Waals surface area contributed by atoms with E-state index < -0.39 is 0 Å². The summed E-state index contributed by atoms with van der Waals surface area (Å²) in [5.74, 6) is 0.463. The molecule has 108 valence electrons. The Bertz CT molecular complexity index is 607. The third kappa shape index (κ3) is 2.60. The van der Waals surface area contributed by atoms with Gasteiger partial charge in [-0.1, -0.05) is 13.8 Å². The number of pyridine rings is 1. The molecular weight excluding hydrogens is 258 g/mol. The summed E-state index contributed by atoms with van der Waals surface area (Å²) in [7, 11) is 1.55. The molecular formula is C14H19N3O3. The number of aliphatic hydroxyl groups excluding tert-OH is 1. The number of hydrogen-bond acceptors (Lipinski definition) is 4. The van der Waals surface area contributed by atoms with Crippen molar-refractivity contribution in [3.05, 3.63) is 30.1 Å². The largest absolute Gasteiger partial charge is 0.494 e. The lowest BCUT2D eigenvalue weighted by Crippen LogP contribution is -2.41. The highest BCUT2D eigenvalue weighted by atomic mass is 16.5. The molecule has 0 unspecified atom stereocenters. The fourth-order valence-corrected chi connectivity index (χ4v) is 2.01. The summed E-state index contributed by atoms with van der Waals surface area (Å²) in [6.07, 6.45) is 3.25. The molecule has 6 heteroatoms. The van der Waals surface area contributed by atoms with Crippen molar-refractivity contribution in [2.24, 2.45) is 5.92 Å². The molecule has 6 nitrogen and oxygen atoms in total. The fraction of sp³-hybridized carbons (Fsp3) is 0.429. The predicted octanol–water partition coefficient (Wildman–Crippen LogP) is 1.09. The summed E-state index contributed by atoms with van der Waals surface area (Å²) in [5.41, 5.74) is 1.05. The SMILES string of the molecule is COc1cccn2ncc(C(=O)N[C@H](CO)C(C)C)c12. The van der Waals surface area contributed by atoms with Crippen LogP contribution in [0.1, 0.15) is 24.2 Å². The summed E-state index contributed by atoms with van der Waals surface area (Å²) in [6, 6.07) is 3.29. The maximum atomic E-state index is 12.3. The van der Waals surface area contributed by atoms with Gasteiger partial charge in [0.15, 0.2) is 0 Å². The topological polar surface area (TPSA) is 75.9 Å². The second kappa shape index (κ2) is 5.92. The first-order valence-corrected chi connectivity index (χ1v) is 6.50. The molecule has 2 aromatic rings. The molecule has 1 atom stereocenters. The van der Waals surface area contributed by atoms with Crippen molar-refractivity contribution >= 4 is 11.4 Å². The van der Waals surface area contributed by atoms with Gasteiger partial charge < -0.3 is 15.2 Å². The first-order valence-electron chi connectivity index (χ1n) is 6.50. The first kappa shape index (κ1) is 14.3. The molecule has 0 aliphatic rings. The van der Waals surface area contributed by atoms with Crippen LogP contribution in [0, 0.1) is 5.92 Å². The average molecular weight is 277 g/mol. The fourth-order valence-electron chi connectivity index (χ4n) is 2.01. The highest BCUT2D eigenvalue weighted by Gasteiger charge is 2.20. The van der Waals surface area contributed by atoms with E-state index in [4.69, 9.17) is 4.74 Å². The Kier molecular flexibility index (Phi) is 4.24. The number of hydrogen-bond donors (Lipinski definition) is 2. The first-order chi connectivity index (χ1) is 9.58. The second-order valence-corrected chi connectivity index (χ2v) is 4.93. The summed E-state index contributed by atoms with van der Waals surface area (Å²) in [4.78, 5) is 12.3. The molecule has 0 aliphatic heterocycles. The molecule has 20 heavy (non-hydrogen) atoms. The zero-order valence-corrected chi connectivity index (χ0v) is 11.8. The molecule has 0 saturated heterocycles. The standard InChI is InChI=1S/C14H19N3O3/c1-9(2)11(8-18)16-14(19)10-7-15-17-6-4-5-12(20-3)13(10)17/h4-7,9,11,18H,8H2,1-3H3,(H,16,19)/t11-/m1/s1. The quantitative estimate of drug-likeness (QED) is 0.858. The molecule has 0 saturated carbocycles. The Labute approximate surface area is 117 Å². The van der Waals surface area contributed by atoms with Crippen LogP contribution in [0.4, 0.5) is 0 Å². The van der Waals surface area contributed by atoms with Crippen molar-refractivity contribution in [3.63, 3.8) is 0 Å². The number of methoxy groups -OCH3 is 1. The lowest BCUT2D eigenvalue weighted by Gasteiger charge is -2.19. The monoisotopic (exact) mass is 277 g/mol. The van der Waals surface area contributed by atoms with E-state index in [-0.39, 0.29) is 24.5 Å². The van der Waals surface area contributed by atoms with E-state index >= 15 is 0 Å². The summed E-state index contributed by atoms with van der Waals surface area (Å²) >= 11 is 0. The molecule has 0 fully saturated rings. The molecule has 0 spiro atoms. The van der Waals surface area contributed by atoms with Crippen molar-refractivity contribution in [2.75, 3.05) is 13.7 Å². The number of fused-ring (bicyclic) bond motifs is 1. The minimum Gasteiger partial charge on any atom is -0.494 e. The smallest absolute Gasteiger partial charge is 0.255 e. The van der Waals surface area contributed by atoms with E-state index in [1.54, 1.807) is 30.0 Å². The molecule has 0 aliphatic carbocycles. The zero-order valence-electron chi connectivity index (χ0n) is 11.8. The zero-order chi connectivity index (χ0) is 14.7. The van der Waals surface area contributed by atoms with Crippen molar-refractivity contribution in [2.45, 2.75) is 19.9 Å². The van der Waals surface area contributed by atoms with Gasteiger partial charge in [0.2, 0.25) is 0 Å². The van der Waals surface area contributed by atoms with Crippen molar-refractivity contribution < 1.29 is 14.6 Å². The van der Waals surface area contributed by atoms with Gasteiger partial charge >= 0.3 is 0 Å². The van der Waals surface area contributed by atoms with Gasteiger partial charge in [0.1, 0.15) is 11.3 Å². The molecule has 0 aromatic carbocycles. The summed E-state index contributed by atoms with van der Waals surface area (Å²) < 4.78 is 6.86. The molecule has 2 N–H and O–H groups in total. The van der Waals surface area contributed by atoms with Gasteiger partial charge in [-0.25, -0.2) is 4.52 Å². The van der Waals surface area contributed by atoms with E-state index in [9.17, 15) is 9.90 Å². The molecule has 2 rings (SSSR count). The maximum absolute atomic E-state index is 12.3. The number of nitrogens with one attached hydrogen (secondary N) is 1. The summed E-state index contributed by atoms with van der Waals surface area (Å²) in [6.45, 7) is 3.79. The average Bonchev–Trinajstić information content (AvgIpc) is 2.88. The maximum Gasteiger partial charge on any atom is 0.255 e. The minimum atomic E-state index is -0.285. The molecule has 0 bridgehead atoms. The van der Waals surface area contributed by atoms with Crippen LogP contribution in [0.15, 0.2) is 24.5 Å². The van der Waals surface area contributed by atoms with E-state index in [0.717, 1.165) is 0 Å². The van der Waals surface area contributed by atoms with Gasteiger partial charge in [-0.15, -0.1) is 0 Å². The van der Waals surface area contributed by atoms with Crippen LogP contribution < -0.4 is 10.1 Å². The number of amides is 1. The Hall–Kier alpha value is -2.08. The number of carbonyl (C=O) groups excluding carboxylic acids is 1. The van der Waals surface area contributed by atoms with Gasteiger partial charge in [0.25, 0.3) is 5.91 Å². The Morgan fingerprint density at radius 3 is 2.90 bits per heavy atom. The number of ether oxygens (including phenoxy) is 1. The van der Waals surface area contributed by atoms with E-state index in [1.165, 1.54) is 6.20 Å². The lowest BCUT2D eigenvalue weighted by atomic mass is 10.0. The Morgan fingerprint density at radius 2 is 2.30 bits per heavy atom. The van der Waals surface area contributed by atoms with E-state index in [2.05, 4.69) is 10.4 Å². The highest BCUT2D eigenvalue weighted by Crippen LogP contribution is 2.22. The third-order valence-corrected chi connectivity index (χ3v) is 3.29. The van der Waals surface area contributed by atoms with Gasteiger partial charge in [0.05, 0.1) is 31.5 Å². The number of carbonyl (C=O) groups is 1. The predicted molar refractivity (Wildman–Crippen MR) is 74.9 cm³/mol. The number of aliphatic hydroxyl groups is 1. The Balaban J connectivity index is 2.35. The van der Waals surface area contributed by atoms with Crippen LogP contribution in [0.25, 0.3) is 5.52 Å². The summed E-state index contributed by atoms with van der Waals surface area (Å²) in [5, 5.41) is 16.3. The van der Waals surface area contributed by atoms with Gasteiger partial charge in [0, 0.05) is 6.20 Å². The third-order valence-electron chi connectivity index (χ3n) is 3.29. The van der Waals surface area contributed by atoms with Crippen LogP contribution in [-0.2, 0) is 0 Å². The normalized spacial score (nSPS) is 12.7. The highest BCUT2D eigenvalue weighted by molar-refractivity contribution is 6.02. The van der Waals surface area contributed by atoms with Gasteiger partial charge in [-0.05, 0) is 18.1 Å². The van der Waals surface area contributed by atoms with Crippen molar-refractivity contribution in [3.8, 4) is 5.75 Å². The Morgan fingerprint density at radius 1 is 1.55 bits per heavy atom. The number of rotatable bonds is 5. The van der Waals surface area contributed by atoms with Gasteiger partial charge in [-0.3, -0.25) is 4.79 Å². The minimum absolute atomic E-state index is 0.0975. The second-order valence-electron chi connectivity index (χ2n) is 4.93. The van der Waals surface area contributed by atoms with Crippen LogP contribution >= 0.6 is 0 Å². The van der Waals surface area contributed by atoms with Crippen molar-refractivity contribution in [1.82, 2.24) is 14.9 Å². The van der Waals surface area contributed by atoms with E-state index in [0.29, 0.717) is 16.8 Å². The van der Waals surface area contributed by atoms with Crippen LogP contribution in [0.2, 0.25) is 0 Å². The molecule has 2 heterocycles. The molecule has 0 radical (unpaired) electrons. The van der Waals surface area contributed by atoms with Gasteiger partial charge in [-0.2, -0.15) is 5.10 Å². The number of nitrogens with zero attached hydrogens (tertiary/aromatic N) is 2. The van der Waals surface area contributed by atoms with Crippen molar-refractivity contribution in [1.29, 1.82) is 0 Å². The molecule has 2 aromatic heterocycles. The van der Waals surface area contributed by atoms with Crippen LogP contribution in [-0.4, -0.2) is 40.4 Å². The van der Waals surface area contributed by atoms with Crippen LogP contribution in [0.5, 0.6) is 5.75 Å². The number of aromatic nitrogens is 2. The van der Waals surface area contributed by atoms with E-state index in [1.807, 2.05) is 13.8 Å². The molecule has 1 amide bonds.